The molecule has 0 bridgehead atoms. The second-order valence-corrected chi connectivity index (χ2v) is 6.44. The number of carbonyl (C=O) groups is 1. The molecule has 1 heterocycles. The van der Waals surface area contributed by atoms with Crippen LogP contribution in [0.5, 0.6) is 11.5 Å². The van der Waals surface area contributed by atoms with E-state index >= 15 is 0 Å². The summed E-state index contributed by atoms with van der Waals surface area (Å²) in [6, 6.07) is 11.8. The summed E-state index contributed by atoms with van der Waals surface area (Å²) in [5, 5.41) is 14.5. The average molecular weight is 385 g/mol. The molecule has 0 aromatic heterocycles. The molecule has 8 heteroatoms. The van der Waals surface area contributed by atoms with Gasteiger partial charge in [-0.05, 0) is 37.1 Å². The Balaban J connectivity index is 1.62. The van der Waals surface area contributed by atoms with Crippen molar-refractivity contribution in [3.8, 4) is 11.5 Å². The van der Waals surface area contributed by atoms with E-state index in [1.54, 1.807) is 30.2 Å². The molecule has 1 saturated heterocycles. The van der Waals surface area contributed by atoms with Crippen molar-refractivity contribution in [2.45, 2.75) is 12.8 Å². The molecule has 28 heavy (non-hydrogen) atoms. The van der Waals surface area contributed by atoms with Crippen LogP contribution in [0.15, 0.2) is 42.5 Å². The third kappa shape index (κ3) is 4.70. The number of anilines is 1. The maximum atomic E-state index is 12.7. The van der Waals surface area contributed by atoms with Crippen LogP contribution in [-0.4, -0.2) is 49.1 Å². The molecule has 1 aliphatic heterocycles. The van der Waals surface area contributed by atoms with Crippen molar-refractivity contribution in [1.82, 2.24) is 4.90 Å². The van der Waals surface area contributed by atoms with Crippen molar-refractivity contribution >= 4 is 17.3 Å². The summed E-state index contributed by atoms with van der Waals surface area (Å²) in [6.45, 7) is 2.15. The minimum Gasteiger partial charge on any atom is -0.497 e. The molecule has 2 aromatic carbocycles. The molecule has 148 valence electrons. The van der Waals surface area contributed by atoms with Crippen molar-refractivity contribution < 1.29 is 19.2 Å². The van der Waals surface area contributed by atoms with Gasteiger partial charge in [-0.1, -0.05) is 6.07 Å². The fraction of sp³-hybridized carbons (Fsp3) is 0.350. The standard InChI is InChI=1S/C20H23N3O5/c1-27-16-5-4-6-17(14-16)28-12-9-21-15-7-8-19(23(25)26)18(13-15)20(24)22-10-2-3-11-22/h4-8,13-14,21H,2-3,9-12H2,1H3. The third-order valence-corrected chi connectivity index (χ3v) is 4.56. The number of nitro groups is 1. The highest BCUT2D eigenvalue weighted by molar-refractivity contribution is 5.99. The van der Waals surface area contributed by atoms with Crippen LogP contribution in [0, 0.1) is 10.1 Å². The Morgan fingerprint density at radius 2 is 1.93 bits per heavy atom. The molecule has 0 spiro atoms. The molecule has 0 radical (unpaired) electrons. The van der Waals surface area contributed by atoms with E-state index in [9.17, 15) is 14.9 Å². The van der Waals surface area contributed by atoms with E-state index in [-0.39, 0.29) is 17.2 Å². The van der Waals surface area contributed by atoms with E-state index in [2.05, 4.69) is 5.32 Å². The molecule has 1 amide bonds. The molecule has 0 unspecified atom stereocenters. The van der Waals surface area contributed by atoms with Gasteiger partial charge in [0, 0.05) is 37.5 Å². The Hall–Kier alpha value is -3.29. The zero-order valence-corrected chi connectivity index (χ0v) is 15.7. The number of likely N-dealkylation sites (tertiary alicyclic amines) is 1. The Morgan fingerprint density at radius 1 is 1.18 bits per heavy atom. The lowest BCUT2D eigenvalue weighted by Crippen LogP contribution is -2.28. The highest BCUT2D eigenvalue weighted by atomic mass is 16.6. The van der Waals surface area contributed by atoms with Gasteiger partial charge in [0.2, 0.25) is 0 Å². The Labute approximate surface area is 163 Å². The summed E-state index contributed by atoms with van der Waals surface area (Å²) in [5.41, 5.74) is 0.586. The molecule has 3 rings (SSSR count). The SMILES string of the molecule is COc1cccc(OCCNc2ccc([N+](=O)[O-])c(C(=O)N3CCCC3)c2)c1. The van der Waals surface area contributed by atoms with Crippen LogP contribution in [0.1, 0.15) is 23.2 Å². The van der Waals surface area contributed by atoms with E-state index in [1.165, 1.54) is 6.07 Å². The minimum atomic E-state index is -0.515. The number of hydrogen-bond acceptors (Lipinski definition) is 6. The van der Waals surface area contributed by atoms with Crippen LogP contribution in [0.25, 0.3) is 0 Å². The van der Waals surface area contributed by atoms with Gasteiger partial charge in [0.1, 0.15) is 23.7 Å². The lowest BCUT2D eigenvalue weighted by Gasteiger charge is -2.16. The number of rotatable bonds is 8. The van der Waals surface area contributed by atoms with Gasteiger partial charge in [0.25, 0.3) is 11.6 Å². The summed E-state index contributed by atoms with van der Waals surface area (Å²) in [4.78, 5) is 25.1. The number of hydrogen-bond donors (Lipinski definition) is 1. The second kappa shape index (κ2) is 9.07. The third-order valence-electron chi connectivity index (χ3n) is 4.56. The topological polar surface area (TPSA) is 93.9 Å². The summed E-state index contributed by atoms with van der Waals surface area (Å²) in [7, 11) is 1.59. The molecule has 0 saturated carbocycles. The fourth-order valence-electron chi connectivity index (χ4n) is 3.12. The number of methoxy groups -OCH3 is 1. The lowest BCUT2D eigenvalue weighted by molar-refractivity contribution is -0.385. The van der Waals surface area contributed by atoms with Crippen LogP contribution in [-0.2, 0) is 0 Å². The summed E-state index contributed by atoms with van der Waals surface area (Å²) in [5.74, 6) is 1.11. The van der Waals surface area contributed by atoms with Crippen LogP contribution in [0.2, 0.25) is 0 Å². The first-order valence-corrected chi connectivity index (χ1v) is 9.17. The monoisotopic (exact) mass is 385 g/mol. The quantitative estimate of drug-likeness (QED) is 0.426. The number of nitro benzene ring substituents is 1. The zero-order chi connectivity index (χ0) is 19.9. The van der Waals surface area contributed by atoms with Crippen molar-refractivity contribution in [3.05, 3.63) is 58.1 Å². The maximum absolute atomic E-state index is 12.7. The number of nitrogens with zero attached hydrogens (tertiary/aromatic N) is 2. The molecule has 1 fully saturated rings. The molecule has 0 aliphatic carbocycles. The Morgan fingerprint density at radius 3 is 2.64 bits per heavy atom. The highest BCUT2D eigenvalue weighted by Crippen LogP contribution is 2.26. The smallest absolute Gasteiger partial charge is 0.282 e. The van der Waals surface area contributed by atoms with Gasteiger partial charge in [0.05, 0.1) is 12.0 Å². The second-order valence-electron chi connectivity index (χ2n) is 6.44. The summed E-state index contributed by atoms with van der Waals surface area (Å²) < 4.78 is 10.8. The number of benzene rings is 2. The van der Waals surface area contributed by atoms with Crippen molar-refractivity contribution in [3.63, 3.8) is 0 Å². The molecular formula is C20H23N3O5. The zero-order valence-electron chi connectivity index (χ0n) is 15.7. The van der Waals surface area contributed by atoms with Gasteiger partial charge in [-0.2, -0.15) is 0 Å². The lowest BCUT2D eigenvalue weighted by atomic mass is 10.1. The number of carbonyl (C=O) groups excluding carboxylic acids is 1. The first kappa shape index (κ1) is 19.5. The van der Waals surface area contributed by atoms with Gasteiger partial charge >= 0.3 is 0 Å². The molecule has 2 aromatic rings. The van der Waals surface area contributed by atoms with E-state index in [0.29, 0.717) is 43.4 Å². The van der Waals surface area contributed by atoms with Crippen molar-refractivity contribution in [1.29, 1.82) is 0 Å². The number of nitrogens with one attached hydrogen (secondary N) is 1. The molecule has 0 atom stereocenters. The maximum Gasteiger partial charge on any atom is 0.282 e. The van der Waals surface area contributed by atoms with Gasteiger partial charge < -0.3 is 19.7 Å². The van der Waals surface area contributed by atoms with E-state index in [0.717, 1.165) is 12.8 Å². The predicted molar refractivity (Wildman–Crippen MR) is 105 cm³/mol. The molecule has 8 nitrogen and oxygen atoms in total. The van der Waals surface area contributed by atoms with Crippen LogP contribution >= 0.6 is 0 Å². The van der Waals surface area contributed by atoms with E-state index < -0.39 is 4.92 Å². The minimum absolute atomic E-state index is 0.116. The van der Waals surface area contributed by atoms with E-state index in [1.807, 2.05) is 18.2 Å². The van der Waals surface area contributed by atoms with Crippen LogP contribution in [0.4, 0.5) is 11.4 Å². The largest absolute Gasteiger partial charge is 0.497 e. The first-order chi connectivity index (χ1) is 13.6. The number of ether oxygens (including phenoxy) is 2. The molecular weight excluding hydrogens is 362 g/mol. The highest BCUT2D eigenvalue weighted by Gasteiger charge is 2.26. The fourth-order valence-corrected chi connectivity index (χ4v) is 3.12. The normalized spacial score (nSPS) is 13.2. The van der Waals surface area contributed by atoms with Gasteiger partial charge in [-0.15, -0.1) is 0 Å². The Bertz CT molecular complexity index is 849. The van der Waals surface area contributed by atoms with Gasteiger partial charge in [0.15, 0.2) is 0 Å². The van der Waals surface area contributed by atoms with Crippen molar-refractivity contribution in [2.24, 2.45) is 0 Å². The Kier molecular flexibility index (Phi) is 6.31. The van der Waals surface area contributed by atoms with E-state index in [4.69, 9.17) is 9.47 Å². The number of amides is 1. The van der Waals surface area contributed by atoms with Crippen LogP contribution < -0.4 is 14.8 Å². The van der Waals surface area contributed by atoms with Gasteiger partial charge in [-0.25, -0.2) is 0 Å². The predicted octanol–water partition coefficient (Wildman–Crippen LogP) is 3.33. The molecule has 1 N–H and O–H groups in total. The van der Waals surface area contributed by atoms with Crippen molar-refractivity contribution in [2.75, 3.05) is 38.7 Å². The summed E-state index contributed by atoms with van der Waals surface area (Å²) >= 11 is 0. The average Bonchev–Trinajstić information content (AvgIpc) is 3.25. The summed E-state index contributed by atoms with van der Waals surface area (Å²) in [6.07, 6.45) is 1.86. The first-order valence-electron chi connectivity index (χ1n) is 9.17. The molecule has 1 aliphatic rings. The van der Waals surface area contributed by atoms with Crippen LogP contribution in [0.3, 0.4) is 0 Å². The van der Waals surface area contributed by atoms with Gasteiger partial charge in [-0.3, -0.25) is 14.9 Å².